The summed E-state index contributed by atoms with van der Waals surface area (Å²) in [5, 5.41) is 0. The molecule has 4 nitrogen and oxygen atoms in total. The monoisotopic (exact) mass is 592 g/mol. The molecule has 2 heterocycles. The van der Waals surface area contributed by atoms with Crippen molar-refractivity contribution in [1.82, 2.24) is 0 Å². The van der Waals surface area contributed by atoms with E-state index < -0.39 is 0 Å². The predicted octanol–water partition coefficient (Wildman–Crippen LogP) is 10.4. The molecule has 0 saturated carbocycles. The second-order valence-electron chi connectivity index (χ2n) is 14.8. The third kappa shape index (κ3) is 9.01. The van der Waals surface area contributed by atoms with E-state index in [1.807, 2.05) is 0 Å². The quantitative estimate of drug-likeness (QED) is 0.128. The highest BCUT2D eigenvalue weighted by atomic mass is 16.6. The molecular formula is C39H60O4. The van der Waals surface area contributed by atoms with Crippen molar-refractivity contribution in [2.24, 2.45) is 0 Å². The fraction of sp³-hybridized carbons (Fsp3) is 0.692. The normalized spacial score (nSPS) is 18.3. The van der Waals surface area contributed by atoms with Crippen LogP contribution >= 0.6 is 0 Å². The van der Waals surface area contributed by atoms with E-state index in [4.69, 9.17) is 18.9 Å². The molecule has 0 bridgehead atoms. The van der Waals surface area contributed by atoms with Crippen LogP contribution < -0.4 is 9.47 Å². The van der Waals surface area contributed by atoms with Gasteiger partial charge in [0.25, 0.3) is 0 Å². The summed E-state index contributed by atoms with van der Waals surface area (Å²) in [6, 6.07) is 9.73. The summed E-state index contributed by atoms with van der Waals surface area (Å²) in [7, 11) is 0. The Kier molecular flexibility index (Phi) is 11.7. The Morgan fingerprint density at radius 1 is 0.581 bits per heavy atom. The van der Waals surface area contributed by atoms with Gasteiger partial charge in [-0.3, -0.25) is 0 Å². The summed E-state index contributed by atoms with van der Waals surface area (Å²) in [6.45, 7) is 26.6. The van der Waals surface area contributed by atoms with E-state index >= 15 is 0 Å². The van der Waals surface area contributed by atoms with Gasteiger partial charge < -0.3 is 18.9 Å². The topological polar surface area (TPSA) is 43.5 Å². The minimum Gasteiger partial charge on any atom is -0.493 e. The lowest BCUT2D eigenvalue weighted by atomic mass is 9.73. The molecule has 0 N–H and O–H groups in total. The van der Waals surface area contributed by atoms with Gasteiger partial charge in [-0.25, -0.2) is 0 Å². The summed E-state index contributed by atoms with van der Waals surface area (Å²) >= 11 is 0. The molecule has 43 heavy (non-hydrogen) atoms. The maximum atomic E-state index is 6.59. The van der Waals surface area contributed by atoms with Crippen molar-refractivity contribution in [2.45, 2.75) is 149 Å². The van der Waals surface area contributed by atoms with Gasteiger partial charge >= 0.3 is 0 Å². The SMILES string of the molecule is CC(C)c1cc(C(C)(C)c2cc(C(C)C)c(OCCCCC3CO3)c(C(C)C)c2)cc(C(C)C)c1OCCCCC1CO1. The predicted molar refractivity (Wildman–Crippen MR) is 180 cm³/mol. The molecule has 0 amide bonds. The van der Waals surface area contributed by atoms with Crippen LogP contribution in [0.4, 0.5) is 0 Å². The van der Waals surface area contributed by atoms with Gasteiger partial charge in [-0.05, 0) is 95.6 Å². The molecule has 240 valence electrons. The van der Waals surface area contributed by atoms with E-state index in [9.17, 15) is 0 Å². The lowest BCUT2D eigenvalue weighted by molar-refractivity contribution is 0.292. The second-order valence-corrected chi connectivity index (χ2v) is 14.8. The third-order valence-electron chi connectivity index (χ3n) is 9.36. The molecule has 0 aromatic heterocycles. The highest BCUT2D eigenvalue weighted by Crippen LogP contribution is 2.44. The number of ether oxygens (including phenoxy) is 4. The van der Waals surface area contributed by atoms with E-state index in [0.717, 1.165) is 76.5 Å². The van der Waals surface area contributed by atoms with Crippen molar-refractivity contribution < 1.29 is 18.9 Å². The smallest absolute Gasteiger partial charge is 0.126 e. The molecule has 2 saturated heterocycles. The van der Waals surface area contributed by atoms with Crippen LogP contribution in [0, 0.1) is 0 Å². The summed E-state index contributed by atoms with van der Waals surface area (Å²) in [5.41, 5.74) is 7.84. The highest BCUT2D eigenvalue weighted by Gasteiger charge is 2.30. The molecule has 2 unspecified atom stereocenters. The molecule has 2 fully saturated rings. The van der Waals surface area contributed by atoms with Crippen LogP contribution in [0.2, 0.25) is 0 Å². The summed E-state index contributed by atoms with van der Waals surface area (Å²) in [4.78, 5) is 0. The number of hydrogen-bond acceptors (Lipinski definition) is 4. The van der Waals surface area contributed by atoms with Crippen LogP contribution in [-0.2, 0) is 14.9 Å². The number of hydrogen-bond donors (Lipinski definition) is 0. The zero-order valence-corrected chi connectivity index (χ0v) is 29.0. The average molecular weight is 593 g/mol. The molecule has 4 heteroatoms. The molecule has 2 aromatic carbocycles. The van der Waals surface area contributed by atoms with Crippen molar-refractivity contribution in [3.05, 3.63) is 57.6 Å². The first-order valence-electron chi connectivity index (χ1n) is 17.3. The van der Waals surface area contributed by atoms with E-state index in [1.165, 1.54) is 33.4 Å². The number of unbranched alkanes of at least 4 members (excludes halogenated alkanes) is 2. The standard InChI is InChI=1S/C39H60O4/c1-25(2)33-19-29(20-34(26(3)4)37(33)40-17-13-11-15-31-23-42-31)39(9,10)30-21-35(27(5)6)38(36(22-30)28(7)8)41-18-14-12-16-32-24-43-32/h19-22,25-28,31-32H,11-18,23-24H2,1-10H3. The molecule has 0 aliphatic carbocycles. The van der Waals surface area contributed by atoms with Crippen LogP contribution in [0.25, 0.3) is 0 Å². The van der Waals surface area contributed by atoms with Crippen LogP contribution in [0.1, 0.15) is 165 Å². The molecular weight excluding hydrogens is 532 g/mol. The molecule has 0 radical (unpaired) electrons. The molecule has 2 aliphatic rings. The largest absolute Gasteiger partial charge is 0.493 e. The van der Waals surface area contributed by atoms with Gasteiger partial charge in [0, 0.05) is 5.41 Å². The third-order valence-corrected chi connectivity index (χ3v) is 9.36. The van der Waals surface area contributed by atoms with Gasteiger partial charge in [0.05, 0.1) is 38.6 Å². The Balaban J connectivity index is 1.64. The minimum absolute atomic E-state index is 0.174. The van der Waals surface area contributed by atoms with E-state index in [-0.39, 0.29) is 5.41 Å². The van der Waals surface area contributed by atoms with Crippen LogP contribution in [-0.4, -0.2) is 38.6 Å². The van der Waals surface area contributed by atoms with Crippen LogP contribution in [0.3, 0.4) is 0 Å². The zero-order chi connectivity index (χ0) is 31.3. The molecule has 2 aliphatic heterocycles. The Morgan fingerprint density at radius 3 is 1.14 bits per heavy atom. The lowest BCUT2D eigenvalue weighted by Gasteiger charge is -2.32. The number of epoxide rings is 2. The molecule has 2 atom stereocenters. The highest BCUT2D eigenvalue weighted by molar-refractivity contribution is 5.55. The fourth-order valence-electron chi connectivity index (χ4n) is 6.05. The molecule has 2 aromatic rings. The first-order valence-corrected chi connectivity index (χ1v) is 17.3. The summed E-state index contributed by atoms with van der Waals surface area (Å²) < 4.78 is 24.0. The average Bonchev–Trinajstić information content (AvgIpc) is 3.88. The first kappa shape index (κ1) is 33.8. The van der Waals surface area contributed by atoms with Crippen molar-refractivity contribution in [3.63, 3.8) is 0 Å². The van der Waals surface area contributed by atoms with E-state index in [2.05, 4.69) is 93.5 Å². The zero-order valence-electron chi connectivity index (χ0n) is 29.0. The van der Waals surface area contributed by atoms with Crippen molar-refractivity contribution in [1.29, 1.82) is 0 Å². The first-order chi connectivity index (χ1) is 20.4. The molecule has 0 spiro atoms. The van der Waals surface area contributed by atoms with Gasteiger partial charge in [-0.1, -0.05) is 93.5 Å². The van der Waals surface area contributed by atoms with Crippen molar-refractivity contribution in [3.8, 4) is 11.5 Å². The summed E-state index contributed by atoms with van der Waals surface area (Å²) in [6.07, 6.45) is 7.77. The van der Waals surface area contributed by atoms with Gasteiger partial charge in [-0.2, -0.15) is 0 Å². The van der Waals surface area contributed by atoms with E-state index in [0.29, 0.717) is 35.9 Å². The van der Waals surface area contributed by atoms with Crippen molar-refractivity contribution in [2.75, 3.05) is 26.4 Å². The Hall–Kier alpha value is -2.04. The number of rotatable bonds is 18. The minimum atomic E-state index is -0.174. The van der Waals surface area contributed by atoms with Gasteiger partial charge in [0.1, 0.15) is 11.5 Å². The van der Waals surface area contributed by atoms with Gasteiger partial charge in [-0.15, -0.1) is 0 Å². The maximum Gasteiger partial charge on any atom is 0.126 e. The van der Waals surface area contributed by atoms with Gasteiger partial charge in [0.15, 0.2) is 0 Å². The fourth-order valence-corrected chi connectivity index (χ4v) is 6.05. The maximum absolute atomic E-state index is 6.59. The Morgan fingerprint density at radius 2 is 0.884 bits per heavy atom. The lowest BCUT2D eigenvalue weighted by Crippen LogP contribution is -2.22. The Labute approximate surface area is 263 Å². The Bertz CT molecular complexity index is 1030. The summed E-state index contributed by atoms with van der Waals surface area (Å²) in [5.74, 6) is 3.72. The van der Waals surface area contributed by atoms with Crippen LogP contribution in [0.5, 0.6) is 11.5 Å². The van der Waals surface area contributed by atoms with Crippen LogP contribution in [0.15, 0.2) is 24.3 Å². The second kappa shape index (κ2) is 14.8. The van der Waals surface area contributed by atoms with E-state index in [1.54, 1.807) is 0 Å². The molecule has 4 rings (SSSR count). The van der Waals surface area contributed by atoms with Gasteiger partial charge in [0.2, 0.25) is 0 Å². The van der Waals surface area contributed by atoms with Crippen molar-refractivity contribution >= 4 is 0 Å². The number of benzene rings is 2.